The van der Waals surface area contributed by atoms with Gasteiger partial charge < -0.3 is 10.4 Å². The Kier molecular flexibility index (Phi) is 4.21. The van der Waals surface area contributed by atoms with Crippen molar-refractivity contribution in [3.63, 3.8) is 0 Å². The molecule has 5 heteroatoms. The van der Waals surface area contributed by atoms with Crippen LogP contribution in [0.15, 0.2) is 16.8 Å². The molecule has 3 nitrogen and oxygen atoms in total. The molecule has 0 saturated carbocycles. The van der Waals surface area contributed by atoms with Crippen LogP contribution in [0.25, 0.3) is 0 Å². The van der Waals surface area contributed by atoms with Crippen LogP contribution in [-0.4, -0.2) is 23.4 Å². The van der Waals surface area contributed by atoms with E-state index in [9.17, 15) is 9.90 Å². The Morgan fingerprint density at radius 3 is 3.08 bits per heavy atom. The summed E-state index contributed by atoms with van der Waals surface area (Å²) in [5.41, 5.74) is 0.819. The fourth-order valence-electron chi connectivity index (χ4n) is 0.840. The summed E-state index contributed by atoms with van der Waals surface area (Å²) >= 11 is 6.78. The van der Waals surface area contributed by atoms with Crippen molar-refractivity contribution in [3.8, 4) is 0 Å². The third-order valence-corrected chi connectivity index (χ3v) is 2.49. The summed E-state index contributed by atoms with van der Waals surface area (Å²) in [5.74, 6) is -0.341. The second-order valence-electron chi connectivity index (χ2n) is 2.51. The summed E-state index contributed by atoms with van der Waals surface area (Å²) in [6.07, 6.45) is -0.640. The summed E-state index contributed by atoms with van der Waals surface area (Å²) in [4.78, 5) is 10.7. The van der Waals surface area contributed by atoms with Crippen LogP contribution in [0.4, 0.5) is 0 Å². The lowest BCUT2D eigenvalue weighted by atomic mass is 10.2. The quantitative estimate of drug-likeness (QED) is 0.747. The maximum absolute atomic E-state index is 10.7. The Hall–Kier alpha value is -0.580. The third kappa shape index (κ3) is 3.34. The van der Waals surface area contributed by atoms with Crippen molar-refractivity contribution < 1.29 is 9.90 Å². The molecule has 0 bridgehead atoms. The summed E-state index contributed by atoms with van der Waals surface area (Å²) in [7, 11) is 0. The number of amides is 1. The standard InChI is InChI=1S/C8H10ClNO2S/c9-3-8(12)10-4-7(11)6-1-2-13-5-6/h1-2,5,7,11H,3-4H2,(H,10,12). The van der Waals surface area contributed by atoms with E-state index in [4.69, 9.17) is 11.6 Å². The van der Waals surface area contributed by atoms with Crippen molar-refractivity contribution in [3.05, 3.63) is 22.4 Å². The van der Waals surface area contributed by atoms with Crippen molar-refractivity contribution in [2.75, 3.05) is 12.4 Å². The highest BCUT2D eigenvalue weighted by molar-refractivity contribution is 7.07. The predicted molar refractivity (Wildman–Crippen MR) is 53.0 cm³/mol. The summed E-state index contributed by atoms with van der Waals surface area (Å²) < 4.78 is 0. The van der Waals surface area contributed by atoms with Crippen molar-refractivity contribution >= 4 is 28.8 Å². The molecule has 0 fully saturated rings. The molecule has 72 valence electrons. The molecule has 0 aliphatic heterocycles. The lowest BCUT2D eigenvalue weighted by Crippen LogP contribution is -2.28. The van der Waals surface area contributed by atoms with E-state index in [0.717, 1.165) is 5.56 Å². The highest BCUT2D eigenvalue weighted by Crippen LogP contribution is 2.14. The van der Waals surface area contributed by atoms with Gasteiger partial charge in [0.1, 0.15) is 5.88 Å². The number of alkyl halides is 1. The topological polar surface area (TPSA) is 49.3 Å². The summed E-state index contributed by atoms with van der Waals surface area (Å²) in [6.45, 7) is 0.211. The van der Waals surface area contributed by atoms with E-state index in [0.29, 0.717) is 0 Å². The lowest BCUT2D eigenvalue weighted by molar-refractivity contribution is -0.119. The number of rotatable bonds is 4. The third-order valence-electron chi connectivity index (χ3n) is 1.54. The zero-order valence-corrected chi connectivity index (χ0v) is 8.44. The monoisotopic (exact) mass is 219 g/mol. The van der Waals surface area contributed by atoms with Gasteiger partial charge in [-0.05, 0) is 22.4 Å². The van der Waals surface area contributed by atoms with Gasteiger partial charge in [-0.3, -0.25) is 4.79 Å². The number of nitrogens with one attached hydrogen (secondary N) is 1. The molecule has 1 rings (SSSR count). The molecular weight excluding hydrogens is 210 g/mol. The largest absolute Gasteiger partial charge is 0.387 e. The molecule has 1 atom stereocenters. The molecule has 1 heterocycles. The van der Waals surface area contributed by atoms with Crippen LogP contribution >= 0.6 is 22.9 Å². The first-order chi connectivity index (χ1) is 6.24. The highest BCUT2D eigenvalue weighted by Gasteiger charge is 2.08. The first-order valence-electron chi connectivity index (χ1n) is 3.77. The van der Waals surface area contributed by atoms with E-state index >= 15 is 0 Å². The maximum atomic E-state index is 10.7. The minimum absolute atomic E-state index is 0.0731. The van der Waals surface area contributed by atoms with E-state index in [1.54, 1.807) is 0 Å². The van der Waals surface area contributed by atoms with Gasteiger partial charge in [0, 0.05) is 6.54 Å². The number of hydrogen-bond acceptors (Lipinski definition) is 3. The molecule has 13 heavy (non-hydrogen) atoms. The van der Waals surface area contributed by atoms with Gasteiger partial charge in [-0.2, -0.15) is 11.3 Å². The second kappa shape index (κ2) is 5.21. The number of thiophene rings is 1. The summed E-state index contributed by atoms with van der Waals surface area (Å²) in [5, 5.41) is 15.7. The summed E-state index contributed by atoms with van der Waals surface area (Å²) in [6, 6.07) is 1.82. The van der Waals surface area contributed by atoms with E-state index in [-0.39, 0.29) is 18.3 Å². The predicted octanol–water partition coefficient (Wildman–Crippen LogP) is 1.14. The van der Waals surface area contributed by atoms with Gasteiger partial charge in [0.15, 0.2) is 0 Å². The molecule has 1 aromatic rings. The van der Waals surface area contributed by atoms with Gasteiger partial charge in [0.2, 0.25) is 5.91 Å². The normalized spacial score (nSPS) is 12.5. The van der Waals surface area contributed by atoms with Crippen LogP contribution < -0.4 is 5.32 Å². The van der Waals surface area contributed by atoms with Crippen molar-refractivity contribution in [1.82, 2.24) is 5.32 Å². The van der Waals surface area contributed by atoms with E-state index in [1.807, 2.05) is 16.8 Å². The van der Waals surface area contributed by atoms with Gasteiger partial charge in [0.05, 0.1) is 6.10 Å². The minimum Gasteiger partial charge on any atom is -0.387 e. The number of carbonyl (C=O) groups excluding carboxylic acids is 1. The van der Waals surface area contributed by atoms with Crippen molar-refractivity contribution in [2.45, 2.75) is 6.10 Å². The first-order valence-corrected chi connectivity index (χ1v) is 5.24. The van der Waals surface area contributed by atoms with Gasteiger partial charge in [0.25, 0.3) is 0 Å². The molecular formula is C8H10ClNO2S. The van der Waals surface area contributed by atoms with Crippen molar-refractivity contribution in [1.29, 1.82) is 0 Å². The second-order valence-corrected chi connectivity index (χ2v) is 3.56. The molecule has 1 amide bonds. The van der Waals surface area contributed by atoms with Gasteiger partial charge in [-0.25, -0.2) is 0 Å². The van der Waals surface area contributed by atoms with E-state index in [1.165, 1.54) is 11.3 Å². The fraction of sp³-hybridized carbons (Fsp3) is 0.375. The molecule has 0 aliphatic rings. The van der Waals surface area contributed by atoms with Gasteiger partial charge in [-0.1, -0.05) is 0 Å². The van der Waals surface area contributed by atoms with Gasteiger partial charge >= 0.3 is 0 Å². The molecule has 0 radical (unpaired) electrons. The number of aliphatic hydroxyl groups is 1. The molecule has 1 unspecified atom stereocenters. The van der Waals surface area contributed by atoms with E-state index < -0.39 is 6.10 Å². The van der Waals surface area contributed by atoms with Crippen LogP contribution in [0.3, 0.4) is 0 Å². The maximum Gasteiger partial charge on any atom is 0.235 e. The number of halogens is 1. The smallest absolute Gasteiger partial charge is 0.235 e. The van der Waals surface area contributed by atoms with Crippen LogP contribution in [0.5, 0.6) is 0 Å². The number of carbonyl (C=O) groups is 1. The van der Waals surface area contributed by atoms with Crippen LogP contribution in [0.2, 0.25) is 0 Å². The fourth-order valence-corrected chi connectivity index (χ4v) is 1.64. The Labute approximate surface area is 85.3 Å². The number of hydrogen-bond donors (Lipinski definition) is 2. The molecule has 0 spiro atoms. The molecule has 0 aromatic carbocycles. The zero-order chi connectivity index (χ0) is 9.68. The average molecular weight is 220 g/mol. The van der Waals surface area contributed by atoms with Crippen molar-refractivity contribution in [2.24, 2.45) is 0 Å². The Bertz CT molecular complexity index is 263. The van der Waals surface area contributed by atoms with Crippen LogP contribution in [0.1, 0.15) is 11.7 Å². The molecule has 0 saturated heterocycles. The first kappa shape index (κ1) is 10.5. The highest BCUT2D eigenvalue weighted by atomic mass is 35.5. The van der Waals surface area contributed by atoms with Crippen LogP contribution in [0, 0.1) is 0 Å². The Balaban J connectivity index is 2.34. The average Bonchev–Trinajstić information content (AvgIpc) is 2.66. The Morgan fingerprint density at radius 1 is 1.77 bits per heavy atom. The van der Waals surface area contributed by atoms with E-state index in [2.05, 4.69) is 5.32 Å². The van der Waals surface area contributed by atoms with Gasteiger partial charge in [-0.15, -0.1) is 11.6 Å². The minimum atomic E-state index is -0.640. The number of aliphatic hydroxyl groups excluding tert-OH is 1. The lowest BCUT2D eigenvalue weighted by Gasteiger charge is -2.08. The molecule has 2 N–H and O–H groups in total. The zero-order valence-electron chi connectivity index (χ0n) is 6.87. The molecule has 0 aliphatic carbocycles. The SMILES string of the molecule is O=C(CCl)NCC(O)c1ccsc1. The molecule has 1 aromatic heterocycles. The Morgan fingerprint density at radius 2 is 2.54 bits per heavy atom. The van der Waals surface area contributed by atoms with Crippen LogP contribution in [-0.2, 0) is 4.79 Å².